The van der Waals surface area contributed by atoms with Crippen molar-refractivity contribution in [3.05, 3.63) is 18.0 Å². The fourth-order valence-electron chi connectivity index (χ4n) is 0.865. The summed E-state index contributed by atoms with van der Waals surface area (Å²) in [6.07, 6.45) is 5.07. The molecule has 2 heterocycles. The molecule has 0 radical (unpaired) electrons. The molecule has 0 bridgehead atoms. The lowest BCUT2D eigenvalue weighted by atomic mass is 10.4. The van der Waals surface area contributed by atoms with Gasteiger partial charge in [-0.25, -0.2) is 10.1 Å². The zero-order chi connectivity index (χ0) is 8.39. The highest BCUT2D eigenvalue weighted by atomic mass is 15.5. The van der Waals surface area contributed by atoms with Crippen molar-refractivity contribution in [2.75, 3.05) is 0 Å². The molecule has 0 saturated heterocycles. The Morgan fingerprint density at radius 3 is 3.00 bits per heavy atom. The maximum absolute atomic E-state index is 4.05. The molecule has 2 N–H and O–H groups in total. The van der Waals surface area contributed by atoms with Crippen LogP contribution in [0.5, 0.6) is 0 Å². The number of hydrogen-bond donors (Lipinski definition) is 2. The Bertz CT molecular complexity index is 336. The van der Waals surface area contributed by atoms with E-state index < -0.39 is 0 Å². The molecule has 6 nitrogen and oxygen atoms in total. The van der Waals surface area contributed by atoms with E-state index in [1.807, 2.05) is 13.1 Å². The number of hydrogen-bond acceptors (Lipinski definition) is 5. The minimum absolute atomic E-state index is 0.561. The SMILES string of the molecule is Cc1cnn(C2=NNC=NN2)c1. The topological polar surface area (TPSA) is 66.6 Å². The van der Waals surface area contributed by atoms with Gasteiger partial charge in [-0.05, 0) is 12.5 Å². The third-order valence-corrected chi connectivity index (χ3v) is 1.39. The third kappa shape index (κ3) is 1.14. The number of aryl methyl sites for hydroxylation is 1. The number of hydrazone groups is 2. The van der Waals surface area contributed by atoms with E-state index in [1.165, 1.54) is 6.34 Å². The average Bonchev–Trinajstić information content (AvgIpc) is 2.54. The minimum Gasteiger partial charge on any atom is -0.262 e. The van der Waals surface area contributed by atoms with Gasteiger partial charge in [0.1, 0.15) is 6.34 Å². The van der Waals surface area contributed by atoms with Crippen LogP contribution in [-0.2, 0) is 0 Å². The normalized spacial score (nSPS) is 14.9. The predicted molar refractivity (Wildman–Crippen MR) is 44.6 cm³/mol. The molecule has 1 aliphatic heterocycles. The second-order valence-corrected chi connectivity index (χ2v) is 2.40. The van der Waals surface area contributed by atoms with Crippen molar-refractivity contribution in [2.24, 2.45) is 10.2 Å². The van der Waals surface area contributed by atoms with Gasteiger partial charge in [-0.15, -0.1) is 5.10 Å². The molecular weight excluding hydrogens is 156 g/mol. The maximum atomic E-state index is 4.05. The first-order chi connectivity index (χ1) is 5.86. The molecule has 0 unspecified atom stereocenters. The van der Waals surface area contributed by atoms with Crippen molar-refractivity contribution in [1.82, 2.24) is 20.6 Å². The second-order valence-electron chi connectivity index (χ2n) is 2.40. The number of rotatable bonds is 0. The first kappa shape index (κ1) is 6.84. The smallest absolute Gasteiger partial charge is 0.261 e. The van der Waals surface area contributed by atoms with Gasteiger partial charge in [0.25, 0.3) is 5.96 Å². The Morgan fingerprint density at radius 2 is 2.42 bits per heavy atom. The molecule has 62 valence electrons. The summed E-state index contributed by atoms with van der Waals surface area (Å²) in [5, 5.41) is 11.7. The lowest BCUT2D eigenvalue weighted by Crippen LogP contribution is -2.33. The summed E-state index contributed by atoms with van der Waals surface area (Å²) in [5.74, 6) is 0.561. The predicted octanol–water partition coefficient (Wildman–Crippen LogP) is -0.553. The van der Waals surface area contributed by atoms with Crippen molar-refractivity contribution in [2.45, 2.75) is 6.92 Å². The van der Waals surface area contributed by atoms with Crippen molar-refractivity contribution < 1.29 is 0 Å². The standard InChI is InChI=1S/C6H8N6/c1-5-2-9-12(3-5)6-10-7-4-8-11-6/h2-4H,1H3,(H,7,8)(H,10,11). The summed E-state index contributed by atoms with van der Waals surface area (Å²) in [6, 6.07) is 0. The Kier molecular flexibility index (Phi) is 1.51. The van der Waals surface area contributed by atoms with Crippen LogP contribution in [0.2, 0.25) is 0 Å². The van der Waals surface area contributed by atoms with E-state index in [0.717, 1.165) is 5.56 Å². The van der Waals surface area contributed by atoms with E-state index in [2.05, 4.69) is 26.2 Å². The van der Waals surface area contributed by atoms with Crippen LogP contribution >= 0.6 is 0 Å². The van der Waals surface area contributed by atoms with E-state index in [1.54, 1.807) is 10.9 Å². The average molecular weight is 164 g/mol. The maximum Gasteiger partial charge on any atom is 0.261 e. The first-order valence-electron chi connectivity index (χ1n) is 3.49. The van der Waals surface area contributed by atoms with Crippen molar-refractivity contribution in [3.63, 3.8) is 0 Å². The minimum atomic E-state index is 0.561. The molecule has 2 rings (SSSR count). The first-order valence-corrected chi connectivity index (χ1v) is 3.49. The summed E-state index contributed by atoms with van der Waals surface area (Å²) < 4.78 is 1.61. The van der Waals surface area contributed by atoms with Gasteiger partial charge in [0, 0.05) is 6.20 Å². The molecule has 0 saturated carbocycles. The molecule has 12 heavy (non-hydrogen) atoms. The zero-order valence-electron chi connectivity index (χ0n) is 6.52. The van der Waals surface area contributed by atoms with Gasteiger partial charge in [-0.2, -0.15) is 10.2 Å². The van der Waals surface area contributed by atoms with Crippen LogP contribution in [-0.4, -0.2) is 22.1 Å². The Balaban J connectivity index is 2.25. The number of nitrogens with one attached hydrogen (secondary N) is 2. The van der Waals surface area contributed by atoms with Crippen LogP contribution in [0.15, 0.2) is 22.6 Å². The number of nitrogens with zero attached hydrogens (tertiary/aromatic N) is 4. The molecule has 1 aromatic rings. The fraction of sp³-hybridized carbons (Fsp3) is 0.167. The van der Waals surface area contributed by atoms with Crippen molar-refractivity contribution in [1.29, 1.82) is 0 Å². The monoisotopic (exact) mass is 164 g/mol. The fourth-order valence-corrected chi connectivity index (χ4v) is 0.865. The van der Waals surface area contributed by atoms with Crippen LogP contribution in [0.1, 0.15) is 5.56 Å². The largest absolute Gasteiger partial charge is 0.262 e. The van der Waals surface area contributed by atoms with Crippen LogP contribution in [0, 0.1) is 6.92 Å². The van der Waals surface area contributed by atoms with E-state index in [-0.39, 0.29) is 0 Å². The van der Waals surface area contributed by atoms with Gasteiger partial charge in [-0.3, -0.25) is 5.43 Å². The van der Waals surface area contributed by atoms with E-state index in [0.29, 0.717) is 5.96 Å². The van der Waals surface area contributed by atoms with E-state index in [9.17, 15) is 0 Å². The second kappa shape index (κ2) is 2.65. The van der Waals surface area contributed by atoms with Gasteiger partial charge in [0.2, 0.25) is 0 Å². The summed E-state index contributed by atoms with van der Waals surface area (Å²) in [7, 11) is 0. The van der Waals surface area contributed by atoms with Crippen molar-refractivity contribution >= 4 is 12.3 Å². The van der Waals surface area contributed by atoms with Crippen LogP contribution in [0.3, 0.4) is 0 Å². The Labute approximate surface area is 69.0 Å². The van der Waals surface area contributed by atoms with Crippen LogP contribution < -0.4 is 10.9 Å². The summed E-state index contributed by atoms with van der Waals surface area (Å²) in [4.78, 5) is 0. The molecule has 0 amide bonds. The summed E-state index contributed by atoms with van der Waals surface area (Å²) in [6.45, 7) is 1.96. The van der Waals surface area contributed by atoms with Gasteiger partial charge < -0.3 is 0 Å². The molecule has 0 aromatic carbocycles. The highest BCUT2D eigenvalue weighted by molar-refractivity contribution is 5.83. The summed E-state index contributed by atoms with van der Waals surface area (Å²) in [5.41, 5.74) is 6.40. The number of aromatic nitrogens is 2. The molecular formula is C6H8N6. The van der Waals surface area contributed by atoms with Crippen LogP contribution in [0.4, 0.5) is 0 Å². The third-order valence-electron chi connectivity index (χ3n) is 1.39. The highest BCUT2D eigenvalue weighted by Crippen LogP contribution is 1.93. The van der Waals surface area contributed by atoms with Gasteiger partial charge in [0.15, 0.2) is 0 Å². The molecule has 1 aliphatic rings. The highest BCUT2D eigenvalue weighted by Gasteiger charge is 2.03. The lowest BCUT2D eigenvalue weighted by molar-refractivity contribution is 0.798. The molecule has 0 spiro atoms. The van der Waals surface area contributed by atoms with E-state index in [4.69, 9.17) is 0 Å². The molecule has 0 atom stereocenters. The van der Waals surface area contributed by atoms with E-state index >= 15 is 0 Å². The quantitative estimate of drug-likeness (QED) is 0.540. The Morgan fingerprint density at radius 1 is 1.50 bits per heavy atom. The molecule has 1 aromatic heterocycles. The lowest BCUT2D eigenvalue weighted by Gasteiger charge is -2.07. The molecule has 6 heteroatoms. The Hall–Kier alpha value is -1.85. The van der Waals surface area contributed by atoms with Crippen LogP contribution in [0.25, 0.3) is 0 Å². The molecule has 0 aliphatic carbocycles. The van der Waals surface area contributed by atoms with Crippen molar-refractivity contribution in [3.8, 4) is 0 Å². The molecule has 0 fully saturated rings. The van der Waals surface area contributed by atoms with Gasteiger partial charge in [-0.1, -0.05) is 0 Å². The van der Waals surface area contributed by atoms with Gasteiger partial charge in [0.05, 0.1) is 6.20 Å². The van der Waals surface area contributed by atoms with Gasteiger partial charge >= 0.3 is 0 Å². The zero-order valence-corrected chi connectivity index (χ0v) is 6.52. The summed E-state index contributed by atoms with van der Waals surface area (Å²) >= 11 is 0.